The summed E-state index contributed by atoms with van der Waals surface area (Å²) in [7, 11) is 1.80. The lowest BCUT2D eigenvalue weighted by molar-refractivity contribution is -0.129. The highest BCUT2D eigenvalue weighted by atomic mass is 32.1. The van der Waals surface area contributed by atoms with Crippen LogP contribution < -0.4 is 0 Å². The van der Waals surface area contributed by atoms with Crippen molar-refractivity contribution in [1.82, 2.24) is 20.1 Å². The molecule has 1 N–H and O–H groups in total. The van der Waals surface area contributed by atoms with Gasteiger partial charge in [-0.2, -0.15) is 5.10 Å². The molecule has 0 saturated carbocycles. The minimum absolute atomic E-state index is 0.0474. The van der Waals surface area contributed by atoms with Gasteiger partial charge in [-0.15, -0.1) is 11.3 Å². The van der Waals surface area contributed by atoms with Crippen LogP contribution in [-0.2, 0) is 17.8 Å². The monoisotopic (exact) mass is 326 g/mol. The minimum Gasteiger partial charge on any atom is -0.340 e. The molecule has 0 bridgehead atoms. The van der Waals surface area contributed by atoms with Crippen LogP contribution in [0.2, 0.25) is 0 Å². The molecular formula is C17H18N4OS. The van der Waals surface area contributed by atoms with Crippen molar-refractivity contribution < 1.29 is 4.79 Å². The zero-order valence-corrected chi connectivity index (χ0v) is 13.9. The van der Waals surface area contributed by atoms with Gasteiger partial charge in [0.2, 0.25) is 5.91 Å². The highest BCUT2D eigenvalue weighted by Crippen LogP contribution is 2.17. The SMILES string of the molecule is Cc1nc(CC(=O)N(C)Cc2cc(-c3ccccc3)n[nH]2)cs1. The van der Waals surface area contributed by atoms with Crippen molar-refractivity contribution in [3.05, 3.63) is 58.2 Å². The van der Waals surface area contributed by atoms with Crippen molar-refractivity contribution in [2.45, 2.75) is 19.9 Å². The van der Waals surface area contributed by atoms with E-state index in [1.165, 1.54) is 0 Å². The summed E-state index contributed by atoms with van der Waals surface area (Å²) in [5, 5.41) is 10.2. The van der Waals surface area contributed by atoms with Crippen molar-refractivity contribution >= 4 is 17.2 Å². The fourth-order valence-electron chi connectivity index (χ4n) is 2.32. The Balaban J connectivity index is 1.62. The minimum atomic E-state index is 0.0474. The van der Waals surface area contributed by atoms with Gasteiger partial charge in [0.15, 0.2) is 0 Å². The lowest BCUT2D eigenvalue weighted by Crippen LogP contribution is -2.28. The summed E-state index contributed by atoms with van der Waals surface area (Å²) in [5.74, 6) is 0.0474. The van der Waals surface area contributed by atoms with Crippen LogP contribution in [0, 0.1) is 6.92 Å². The average molecular weight is 326 g/mol. The molecule has 23 heavy (non-hydrogen) atoms. The summed E-state index contributed by atoms with van der Waals surface area (Å²) in [4.78, 5) is 18.3. The van der Waals surface area contributed by atoms with Crippen LogP contribution in [0.4, 0.5) is 0 Å². The second kappa shape index (κ2) is 6.75. The van der Waals surface area contributed by atoms with Crippen molar-refractivity contribution in [3.8, 4) is 11.3 Å². The molecule has 118 valence electrons. The maximum Gasteiger partial charge on any atom is 0.228 e. The average Bonchev–Trinajstić information content (AvgIpc) is 3.17. The van der Waals surface area contributed by atoms with Gasteiger partial charge in [-0.05, 0) is 13.0 Å². The molecule has 3 rings (SSSR count). The van der Waals surface area contributed by atoms with Crippen molar-refractivity contribution in [3.63, 3.8) is 0 Å². The molecular weight excluding hydrogens is 308 g/mol. The van der Waals surface area contributed by atoms with Crippen LogP contribution in [0.15, 0.2) is 41.8 Å². The number of hydrogen-bond donors (Lipinski definition) is 1. The summed E-state index contributed by atoms with van der Waals surface area (Å²) in [6.07, 6.45) is 0.334. The number of aromatic nitrogens is 3. The topological polar surface area (TPSA) is 61.9 Å². The molecule has 0 aliphatic carbocycles. The van der Waals surface area contributed by atoms with Gasteiger partial charge < -0.3 is 4.90 Å². The van der Waals surface area contributed by atoms with Crippen LogP contribution in [0.25, 0.3) is 11.3 Å². The first-order chi connectivity index (χ1) is 11.1. The van der Waals surface area contributed by atoms with Crippen molar-refractivity contribution in [2.75, 3.05) is 7.05 Å². The molecule has 0 fully saturated rings. The summed E-state index contributed by atoms with van der Waals surface area (Å²) < 4.78 is 0. The Hall–Kier alpha value is -2.47. The molecule has 6 heteroatoms. The third-order valence-corrected chi connectivity index (χ3v) is 4.35. The number of likely N-dealkylation sites (N-methyl/N-ethyl adjacent to an activating group) is 1. The van der Waals surface area contributed by atoms with Gasteiger partial charge in [-0.25, -0.2) is 4.98 Å². The normalized spacial score (nSPS) is 10.7. The standard InChI is InChI=1S/C17H18N4OS/c1-12-18-15(11-23-12)9-17(22)21(2)10-14-8-16(20-19-14)13-6-4-3-5-7-13/h3-8,11H,9-10H2,1-2H3,(H,19,20). The molecule has 0 radical (unpaired) electrons. The van der Waals surface area contributed by atoms with Gasteiger partial charge in [0.1, 0.15) is 0 Å². The highest BCUT2D eigenvalue weighted by molar-refractivity contribution is 7.09. The van der Waals surface area contributed by atoms with Crippen molar-refractivity contribution in [1.29, 1.82) is 0 Å². The number of nitrogens with one attached hydrogen (secondary N) is 1. The Morgan fingerprint density at radius 1 is 1.30 bits per heavy atom. The zero-order chi connectivity index (χ0) is 16.2. The van der Waals surface area contributed by atoms with E-state index < -0.39 is 0 Å². The smallest absolute Gasteiger partial charge is 0.228 e. The molecule has 2 heterocycles. The van der Waals surface area contributed by atoms with Gasteiger partial charge in [-0.3, -0.25) is 9.89 Å². The number of rotatable bonds is 5. The molecule has 3 aromatic rings. The summed E-state index contributed by atoms with van der Waals surface area (Å²) in [6.45, 7) is 2.44. The molecule has 2 aromatic heterocycles. The number of aryl methyl sites for hydroxylation is 1. The maximum atomic E-state index is 12.3. The lowest BCUT2D eigenvalue weighted by Gasteiger charge is -2.15. The van der Waals surface area contributed by atoms with Gasteiger partial charge in [0.25, 0.3) is 0 Å². The summed E-state index contributed by atoms with van der Waals surface area (Å²) >= 11 is 1.57. The Morgan fingerprint density at radius 3 is 2.78 bits per heavy atom. The zero-order valence-electron chi connectivity index (χ0n) is 13.1. The quantitative estimate of drug-likeness (QED) is 0.784. The molecule has 1 amide bonds. The van der Waals surface area contributed by atoms with E-state index in [0.29, 0.717) is 13.0 Å². The van der Waals surface area contributed by atoms with E-state index in [-0.39, 0.29) is 5.91 Å². The van der Waals surface area contributed by atoms with E-state index in [9.17, 15) is 4.79 Å². The van der Waals surface area contributed by atoms with E-state index >= 15 is 0 Å². The predicted octanol–water partition coefficient (Wildman–Crippen LogP) is 3.04. The van der Waals surface area contributed by atoms with Crippen LogP contribution in [-0.4, -0.2) is 33.0 Å². The molecule has 0 aliphatic rings. The van der Waals surface area contributed by atoms with Crippen LogP contribution in [0.3, 0.4) is 0 Å². The number of carbonyl (C=O) groups excluding carboxylic acids is 1. The fourth-order valence-corrected chi connectivity index (χ4v) is 2.94. The number of benzene rings is 1. The predicted molar refractivity (Wildman–Crippen MR) is 91.1 cm³/mol. The molecule has 0 spiro atoms. The first-order valence-corrected chi connectivity index (χ1v) is 8.24. The molecule has 0 atom stereocenters. The van der Waals surface area contributed by atoms with Crippen molar-refractivity contribution in [2.24, 2.45) is 0 Å². The van der Waals surface area contributed by atoms with Gasteiger partial charge in [-0.1, -0.05) is 30.3 Å². The van der Waals surface area contributed by atoms with Crippen LogP contribution >= 0.6 is 11.3 Å². The van der Waals surface area contributed by atoms with E-state index in [2.05, 4.69) is 15.2 Å². The molecule has 5 nitrogen and oxygen atoms in total. The summed E-state index contributed by atoms with van der Waals surface area (Å²) in [6, 6.07) is 11.9. The van der Waals surface area contributed by atoms with E-state index in [0.717, 1.165) is 27.7 Å². The highest BCUT2D eigenvalue weighted by Gasteiger charge is 2.13. The molecule has 0 unspecified atom stereocenters. The second-order valence-electron chi connectivity index (χ2n) is 5.43. The maximum absolute atomic E-state index is 12.3. The Kier molecular flexibility index (Phi) is 4.52. The Bertz CT molecular complexity index is 794. The first kappa shape index (κ1) is 15.4. The van der Waals surface area contributed by atoms with E-state index in [1.54, 1.807) is 23.3 Å². The molecule has 0 aliphatic heterocycles. The van der Waals surface area contributed by atoms with Gasteiger partial charge in [0, 0.05) is 18.0 Å². The van der Waals surface area contributed by atoms with Gasteiger partial charge in [0.05, 0.1) is 35.1 Å². The fraction of sp³-hybridized carbons (Fsp3) is 0.235. The number of hydrogen-bond acceptors (Lipinski definition) is 4. The third kappa shape index (κ3) is 3.84. The van der Waals surface area contributed by atoms with Crippen LogP contribution in [0.1, 0.15) is 16.4 Å². The largest absolute Gasteiger partial charge is 0.340 e. The summed E-state index contributed by atoms with van der Waals surface area (Å²) in [5.41, 5.74) is 3.69. The van der Waals surface area contributed by atoms with Gasteiger partial charge >= 0.3 is 0 Å². The number of amides is 1. The number of thiazole rings is 1. The number of nitrogens with zero attached hydrogens (tertiary/aromatic N) is 3. The third-order valence-electron chi connectivity index (χ3n) is 3.53. The number of carbonyl (C=O) groups is 1. The molecule has 0 saturated heterocycles. The first-order valence-electron chi connectivity index (χ1n) is 7.36. The van der Waals surface area contributed by atoms with Crippen LogP contribution in [0.5, 0.6) is 0 Å². The number of H-pyrrole nitrogens is 1. The lowest BCUT2D eigenvalue weighted by atomic mass is 10.1. The van der Waals surface area contributed by atoms with E-state index in [1.807, 2.05) is 48.7 Å². The molecule has 1 aromatic carbocycles. The Morgan fingerprint density at radius 2 is 2.09 bits per heavy atom. The second-order valence-corrected chi connectivity index (χ2v) is 6.49. The Labute approximate surface area is 139 Å². The number of aromatic amines is 1. The van der Waals surface area contributed by atoms with E-state index in [4.69, 9.17) is 0 Å².